The maximum absolute atomic E-state index is 12.4. The van der Waals surface area contributed by atoms with Crippen LogP contribution in [0.2, 0.25) is 15.1 Å². The van der Waals surface area contributed by atoms with E-state index in [-0.39, 0.29) is 5.91 Å². The van der Waals surface area contributed by atoms with Gasteiger partial charge in [-0.2, -0.15) is 0 Å². The van der Waals surface area contributed by atoms with Crippen LogP contribution >= 0.6 is 46.6 Å². The Labute approximate surface area is 169 Å². The molecule has 26 heavy (non-hydrogen) atoms. The summed E-state index contributed by atoms with van der Waals surface area (Å²) in [6.45, 7) is 1.76. The summed E-state index contributed by atoms with van der Waals surface area (Å²) in [5.41, 5.74) is 1.32. The third-order valence-corrected chi connectivity index (χ3v) is 5.20. The van der Waals surface area contributed by atoms with Crippen LogP contribution in [0.25, 0.3) is 11.4 Å². The molecule has 0 fully saturated rings. The largest absolute Gasteiger partial charge is 0.324 e. The molecule has 2 N–H and O–H groups in total. The highest BCUT2D eigenvalue weighted by Gasteiger charge is 2.18. The number of halogens is 3. The lowest BCUT2D eigenvalue weighted by Crippen LogP contribution is -2.22. The second kappa shape index (κ2) is 8.31. The van der Waals surface area contributed by atoms with Gasteiger partial charge < -0.3 is 5.32 Å². The van der Waals surface area contributed by atoms with Crippen LogP contribution < -0.4 is 5.32 Å². The smallest absolute Gasteiger partial charge is 0.237 e. The summed E-state index contributed by atoms with van der Waals surface area (Å²) in [6.07, 6.45) is 0. The molecule has 0 bridgehead atoms. The Morgan fingerprint density at radius 1 is 1.12 bits per heavy atom. The molecule has 0 aliphatic heterocycles. The number of benzene rings is 2. The van der Waals surface area contributed by atoms with Crippen molar-refractivity contribution in [3.8, 4) is 11.4 Å². The predicted octanol–water partition coefficient (Wildman–Crippen LogP) is 5.55. The first-order chi connectivity index (χ1) is 12.4. The van der Waals surface area contributed by atoms with Crippen LogP contribution in [0.15, 0.2) is 47.6 Å². The minimum absolute atomic E-state index is 0.225. The van der Waals surface area contributed by atoms with E-state index in [0.717, 1.165) is 5.56 Å². The summed E-state index contributed by atoms with van der Waals surface area (Å²) in [6, 6.07) is 12.1. The topological polar surface area (TPSA) is 70.7 Å². The lowest BCUT2D eigenvalue weighted by Gasteiger charge is -2.11. The van der Waals surface area contributed by atoms with E-state index in [0.29, 0.717) is 31.7 Å². The highest BCUT2D eigenvalue weighted by atomic mass is 35.5. The second-order valence-corrected chi connectivity index (χ2v) is 7.94. The Morgan fingerprint density at radius 2 is 1.81 bits per heavy atom. The number of amides is 1. The number of aromatic nitrogens is 3. The van der Waals surface area contributed by atoms with Gasteiger partial charge in [-0.1, -0.05) is 46.6 Å². The fraction of sp³-hybridized carbons (Fsp3) is 0.118. The summed E-state index contributed by atoms with van der Waals surface area (Å²) < 4.78 is 0. The molecule has 2 aromatic carbocycles. The quantitative estimate of drug-likeness (QED) is 0.524. The summed E-state index contributed by atoms with van der Waals surface area (Å²) in [5.74, 6) is 0.381. The molecule has 134 valence electrons. The van der Waals surface area contributed by atoms with Crippen LogP contribution in [0, 0.1) is 0 Å². The third-order valence-electron chi connectivity index (χ3n) is 3.42. The summed E-state index contributed by atoms with van der Waals surface area (Å²) in [4.78, 5) is 16.8. The maximum atomic E-state index is 12.4. The zero-order valence-electron chi connectivity index (χ0n) is 13.5. The number of hydrogen-bond donors (Lipinski definition) is 2. The van der Waals surface area contributed by atoms with Crippen LogP contribution in [0.1, 0.15) is 6.92 Å². The van der Waals surface area contributed by atoms with Crippen molar-refractivity contribution < 1.29 is 4.79 Å². The van der Waals surface area contributed by atoms with Gasteiger partial charge in [-0.15, -0.1) is 5.10 Å². The molecular weight excluding hydrogens is 415 g/mol. The zero-order valence-corrected chi connectivity index (χ0v) is 16.5. The average Bonchev–Trinajstić information content (AvgIpc) is 3.07. The van der Waals surface area contributed by atoms with E-state index in [1.807, 2.05) is 12.1 Å². The van der Waals surface area contributed by atoms with Gasteiger partial charge in [0.2, 0.25) is 11.1 Å². The van der Waals surface area contributed by atoms with Crippen LogP contribution in [0.4, 0.5) is 5.69 Å². The molecule has 1 heterocycles. The molecule has 9 heteroatoms. The second-order valence-electron chi connectivity index (χ2n) is 5.35. The van der Waals surface area contributed by atoms with Gasteiger partial charge in [0.25, 0.3) is 0 Å². The van der Waals surface area contributed by atoms with Gasteiger partial charge in [-0.3, -0.25) is 9.89 Å². The summed E-state index contributed by atoms with van der Waals surface area (Å²) in [5, 5.41) is 11.4. The Balaban J connectivity index is 1.66. The molecule has 0 aliphatic rings. The minimum atomic E-state index is -0.432. The molecule has 1 aromatic heterocycles. The van der Waals surface area contributed by atoms with E-state index in [1.165, 1.54) is 11.8 Å². The van der Waals surface area contributed by atoms with Crippen molar-refractivity contribution in [3.05, 3.63) is 57.5 Å². The van der Waals surface area contributed by atoms with E-state index >= 15 is 0 Å². The van der Waals surface area contributed by atoms with Crippen molar-refractivity contribution in [2.45, 2.75) is 17.3 Å². The van der Waals surface area contributed by atoms with Crippen LogP contribution in [-0.4, -0.2) is 26.3 Å². The molecular formula is C17H13Cl3N4OS. The van der Waals surface area contributed by atoms with E-state index in [1.54, 1.807) is 37.3 Å². The molecule has 0 aliphatic carbocycles. The molecule has 1 atom stereocenters. The molecule has 0 saturated carbocycles. The first-order valence-corrected chi connectivity index (χ1v) is 9.54. The molecule has 1 unspecified atom stereocenters. The Kier molecular flexibility index (Phi) is 6.09. The average molecular weight is 428 g/mol. The Hall–Kier alpha value is -1.73. The highest BCUT2D eigenvalue weighted by Crippen LogP contribution is 2.28. The molecule has 0 saturated heterocycles. The van der Waals surface area contributed by atoms with E-state index in [9.17, 15) is 4.79 Å². The molecule has 1 amide bonds. The minimum Gasteiger partial charge on any atom is -0.324 e. The number of rotatable bonds is 5. The van der Waals surface area contributed by atoms with Crippen molar-refractivity contribution in [1.82, 2.24) is 15.2 Å². The SMILES string of the molecule is CC(Sc1n[nH]c(-c2ccc(Cl)cc2)n1)C(=O)Nc1cc(Cl)ccc1Cl. The molecule has 3 aromatic rings. The fourth-order valence-electron chi connectivity index (χ4n) is 2.08. The molecule has 5 nitrogen and oxygen atoms in total. The number of hydrogen-bond acceptors (Lipinski definition) is 4. The van der Waals surface area contributed by atoms with Crippen molar-refractivity contribution >= 4 is 58.2 Å². The number of aromatic amines is 1. The zero-order chi connectivity index (χ0) is 18.7. The number of carbonyl (C=O) groups excluding carboxylic acids is 1. The number of carbonyl (C=O) groups is 1. The number of thioether (sulfide) groups is 1. The van der Waals surface area contributed by atoms with E-state index < -0.39 is 5.25 Å². The summed E-state index contributed by atoms with van der Waals surface area (Å²) in [7, 11) is 0. The Bertz CT molecular complexity index is 930. The molecule has 0 spiro atoms. The summed E-state index contributed by atoms with van der Waals surface area (Å²) >= 11 is 19.1. The van der Waals surface area contributed by atoms with Crippen molar-refractivity contribution in [3.63, 3.8) is 0 Å². The van der Waals surface area contributed by atoms with Gasteiger partial charge in [-0.05, 0) is 49.4 Å². The maximum Gasteiger partial charge on any atom is 0.237 e. The highest BCUT2D eigenvalue weighted by molar-refractivity contribution is 8.00. The van der Waals surface area contributed by atoms with Crippen LogP contribution in [-0.2, 0) is 4.79 Å². The van der Waals surface area contributed by atoms with Crippen molar-refractivity contribution in [2.24, 2.45) is 0 Å². The van der Waals surface area contributed by atoms with E-state index in [2.05, 4.69) is 20.5 Å². The number of nitrogens with zero attached hydrogens (tertiary/aromatic N) is 2. The number of nitrogens with one attached hydrogen (secondary N) is 2. The van der Waals surface area contributed by atoms with Gasteiger partial charge in [0.15, 0.2) is 5.82 Å². The first-order valence-electron chi connectivity index (χ1n) is 7.53. The number of H-pyrrole nitrogens is 1. The molecule has 0 radical (unpaired) electrons. The Morgan fingerprint density at radius 3 is 2.54 bits per heavy atom. The lowest BCUT2D eigenvalue weighted by atomic mass is 10.2. The van der Waals surface area contributed by atoms with Gasteiger partial charge in [0.1, 0.15) is 0 Å². The van der Waals surface area contributed by atoms with Gasteiger partial charge in [-0.25, -0.2) is 4.98 Å². The number of anilines is 1. The van der Waals surface area contributed by atoms with Gasteiger partial charge in [0.05, 0.1) is 16.0 Å². The van der Waals surface area contributed by atoms with Gasteiger partial charge >= 0.3 is 0 Å². The van der Waals surface area contributed by atoms with Crippen molar-refractivity contribution in [2.75, 3.05) is 5.32 Å². The van der Waals surface area contributed by atoms with Gasteiger partial charge in [0, 0.05) is 15.6 Å². The monoisotopic (exact) mass is 426 g/mol. The third kappa shape index (κ3) is 4.71. The normalized spacial score (nSPS) is 12.0. The first kappa shape index (κ1) is 19.0. The van der Waals surface area contributed by atoms with Crippen molar-refractivity contribution in [1.29, 1.82) is 0 Å². The fourth-order valence-corrected chi connectivity index (χ4v) is 3.26. The molecule has 3 rings (SSSR count). The standard InChI is InChI=1S/C17H13Cl3N4OS/c1-9(16(25)21-14-8-12(19)6-7-13(14)20)26-17-22-15(23-24-17)10-2-4-11(18)5-3-10/h2-9H,1H3,(H,21,25)(H,22,23,24). The van der Waals surface area contributed by atoms with Crippen LogP contribution in [0.3, 0.4) is 0 Å². The van der Waals surface area contributed by atoms with Crippen LogP contribution in [0.5, 0.6) is 0 Å². The van der Waals surface area contributed by atoms with E-state index in [4.69, 9.17) is 34.8 Å². The predicted molar refractivity (Wildman–Crippen MR) is 107 cm³/mol. The lowest BCUT2D eigenvalue weighted by molar-refractivity contribution is -0.115.